The minimum atomic E-state index is -0.150. The summed E-state index contributed by atoms with van der Waals surface area (Å²) in [5.74, 6) is 0.708. The van der Waals surface area contributed by atoms with Crippen LogP contribution < -0.4 is 4.74 Å². The quantitative estimate of drug-likeness (QED) is 0.799. The first-order chi connectivity index (χ1) is 8.38. The molecule has 1 aromatic carbocycles. The van der Waals surface area contributed by atoms with E-state index in [-0.39, 0.29) is 6.29 Å². The van der Waals surface area contributed by atoms with Crippen molar-refractivity contribution in [2.24, 2.45) is 0 Å². The number of nitrogens with zero attached hydrogens (tertiary/aromatic N) is 1. The summed E-state index contributed by atoms with van der Waals surface area (Å²) >= 11 is 0. The SMILES string of the molecule is N#Cc1cccc(OCCC2OCCCO2)c1. The predicted octanol–water partition coefficient (Wildman–Crippen LogP) is 2.09. The summed E-state index contributed by atoms with van der Waals surface area (Å²) in [5.41, 5.74) is 0.604. The van der Waals surface area contributed by atoms with E-state index in [0.717, 1.165) is 19.6 Å². The minimum Gasteiger partial charge on any atom is -0.493 e. The van der Waals surface area contributed by atoms with Gasteiger partial charge in [-0.15, -0.1) is 0 Å². The Morgan fingerprint density at radius 2 is 2.18 bits per heavy atom. The van der Waals surface area contributed by atoms with Gasteiger partial charge in [0.1, 0.15) is 5.75 Å². The van der Waals surface area contributed by atoms with E-state index in [4.69, 9.17) is 19.5 Å². The summed E-state index contributed by atoms with van der Waals surface area (Å²) < 4.78 is 16.4. The zero-order chi connectivity index (χ0) is 11.9. The van der Waals surface area contributed by atoms with Crippen LogP contribution in [-0.4, -0.2) is 26.1 Å². The Hall–Kier alpha value is -1.57. The van der Waals surface area contributed by atoms with E-state index < -0.39 is 0 Å². The average molecular weight is 233 g/mol. The highest BCUT2D eigenvalue weighted by molar-refractivity contribution is 5.36. The van der Waals surface area contributed by atoms with Gasteiger partial charge in [-0.25, -0.2) is 0 Å². The number of hydrogen-bond donors (Lipinski definition) is 0. The molecular formula is C13H15NO3. The van der Waals surface area contributed by atoms with Gasteiger partial charge in [0.05, 0.1) is 31.5 Å². The summed E-state index contributed by atoms with van der Waals surface area (Å²) in [4.78, 5) is 0. The van der Waals surface area contributed by atoms with Crippen molar-refractivity contribution in [1.29, 1.82) is 5.26 Å². The Morgan fingerprint density at radius 1 is 1.35 bits per heavy atom. The van der Waals surface area contributed by atoms with Gasteiger partial charge < -0.3 is 14.2 Å². The van der Waals surface area contributed by atoms with Crippen LogP contribution in [0.1, 0.15) is 18.4 Å². The molecular weight excluding hydrogens is 218 g/mol. The van der Waals surface area contributed by atoms with Gasteiger partial charge >= 0.3 is 0 Å². The zero-order valence-electron chi connectivity index (χ0n) is 9.59. The molecule has 0 aliphatic carbocycles. The molecule has 90 valence electrons. The van der Waals surface area contributed by atoms with E-state index in [1.54, 1.807) is 12.1 Å². The Morgan fingerprint density at radius 3 is 2.94 bits per heavy atom. The van der Waals surface area contributed by atoms with Crippen molar-refractivity contribution in [3.8, 4) is 11.8 Å². The molecule has 2 rings (SSSR count). The van der Waals surface area contributed by atoms with E-state index in [1.165, 1.54) is 0 Å². The highest BCUT2D eigenvalue weighted by atomic mass is 16.7. The fourth-order valence-electron chi connectivity index (χ4n) is 1.63. The van der Waals surface area contributed by atoms with E-state index >= 15 is 0 Å². The van der Waals surface area contributed by atoms with Crippen molar-refractivity contribution in [3.63, 3.8) is 0 Å². The van der Waals surface area contributed by atoms with Gasteiger partial charge in [-0.05, 0) is 24.6 Å². The van der Waals surface area contributed by atoms with Gasteiger partial charge in [-0.3, -0.25) is 0 Å². The lowest BCUT2D eigenvalue weighted by Crippen LogP contribution is -2.26. The zero-order valence-corrected chi connectivity index (χ0v) is 9.59. The van der Waals surface area contributed by atoms with Crippen LogP contribution in [0.2, 0.25) is 0 Å². The minimum absolute atomic E-state index is 0.150. The molecule has 1 fully saturated rings. The van der Waals surface area contributed by atoms with Gasteiger partial charge in [0.15, 0.2) is 6.29 Å². The smallest absolute Gasteiger partial charge is 0.160 e. The van der Waals surface area contributed by atoms with Crippen molar-refractivity contribution < 1.29 is 14.2 Å². The second-order valence-corrected chi connectivity index (χ2v) is 3.80. The molecule has 17 heavy (non-hydrogen) atoms. The third kappa shape index (κ3) is 3.74. The first-order valence-corrected chi connectivity index (χ1v) is 5.74. The molecule has 1 heterocycles. The summed E-state index contributed by atoms with van der Waals surface area (Å²) in [6, 6.07) is 9.20. The fraction of sp³-hybridized carbons (Fsp3) is 0.462. The van der Waals surface area contributed by atoms with E-state index in [9.17, 15) is 0 Å². The molecule has 4 nitrogen and oxygen atoms in total. The molecule has 0 spiro atoms. The van der Waals surface area contributed by atoms with Crippen LogP contribution in [0.3, 0.4) is 0 Å². The molecule has 0 saturated carbocycles. The number of rotatable bonds is 4. The summed E-state index contributed by atoms with van der Waals surface area (Å²) in [5, 5.41) is 8.75. The van der Waals surface area contributed by atoms with Crippen molar-refractivity contribution in [2.75, 3.05) is 19.8 Å². The maximum atomic E-state index is 8.75. The molecule has 4 heteroatoms. The number of ether oxygens (including phenoxy) is 3. The van der Waals surface area contributed by atoms with Crippen LogP contribution in [-0.2, 0) is 9.47 Å². The Kier molecular flexibility index (Phi) is 4.37. The first kappa shape index (κ1) is 11.9. The van der Waals surface area contributed by atoms with Crippen LogP contribution >= 0.6 is 0 Å². The average Bonchev–Trinajstić information content (AvgIpc) is 2.40. The van der Waals surface area contributed by atoms with Crippen LogP contribution in [0.5, 0.6) is 5.75 Å². The lowest BCUT2D eigenvalue weighted by Gasteiger charge is -2.23. The maximum absolute atomic E-state index is 8.75. The second kappa shape index (κ2) is 6.24. The number of nitriles is 1. The van der Waals surface area contributed by atoms with Crippen LogP contribution in [0.25, 0.3) is 0 Å². The fourth-order valence-corrected chi connectivity index (χ4v) is 1.63. The van der Waals surface area contributed by atoms with Crippen molar-refractivity contribution in [1.82, 2.24) is 0 Å². The Balaban J connectivity index is 1.75. The molecule has 1 aliphatic rings. The largest absolute Gasteiger partial charge is 0.493 e. The predicted molar refractivity (Wildman–Crippen MR) is 61.6 cm³/mol. The van der Waals surface area contributed by atoms with Gasteiger partial charge in [-0.1, -0.05) is 6.07 Å². The first-order valence-electron chi connectivity index (χ1n) is 5.74. The lowest BCUT2D eigenvalue weighted by atomic mass is 10.2. The third-order valence-corrected chi connectivity index (χ3v) is 2.48. The summed E-state index contributed by atoms with van der Waals surface area (Å²) in [7, 11) is 0. The molecule has 1 aromatic rings. The highest BCUT2D eigenvalue weighted by Gasteiger charge is 2.13. The van der Waals surface area contributed by atoms with Crippen LogP contribution in [0.4, 0.5) is 0 Å². The third-order valence-electron chi connectivity index (χ3n) is 2.48. The molecule has 0 bridgehead atoms. The summed E-state index contributed by atoms with van der Waals surface area (Å²) in [6.45, 7) is 2.04. The van der Waals surface area contributed by atoms with Crippen LogP contribution in [0.15, 0.2) is 24.3 Å². The highest BCUT2D eigenvalue weighted by Crippen LogP contribution is 2.14. The van der Waals surface area contributed by atoms with Crippen molar-refractivity contribution >= 4 is 0 Å². The Labute approximate surface area is 101 Å². The van der Waals surface area contributed by atoms with E-state index in [0.29, 0.717) is 24.3 Å². The molecule has 0 amide bonds. The lowest BCUT2D eigenvalue weighted by molar-refractivity contribution is -0.183. The van der Waals surface area contributed by atoms with Crippen molar-refractivity contribution in [2.45, 2.75) is 19.1 Å². The maximum Gasteiger partial charge on any atom is 0.160 e. The summed E-state index contributed by atoms with van der Waals surface area (Å²) in [6.07, 6.45) is 1.51. The van der Waals surface area contributed by atoms with Crippen molar-refractivity contribution in [3.05, 3.63) is 29.8 Å². The molecule has 1 saturated heterocycles. The van der Waals surface area contributed by atoms with Gasteiger partial charge in [0.25, 0.3) is 0 Å². The van der Waals surface area contributed by atoms with Gasteiger partial charge in [0, 0.05) is 6.42 Å². The van der Waals surface area contributed by atoms with Crippen LogP contribution in [0, 0.1) is 11.3 Å². The molecule has 0 aromatic heterocycles. The van der Waals surface area contributed by atoms with E-state index in [2.05, 4.69) is 6.07 Å². The molecule has 0 atom stereocenters. The Bertz CT molecular complexity index is 394. The number of benzene rings is 1. The normalized spacial score (nSPS) is 16.4. The van der Waals surface area contributed by atoms with E-state index in [1.807, 2.05) is 12.1 Å². The monoisotopic (exact) mass is 233 g/mol. The molecule has 0 N–H and O–H groups in total. The molecule has 0 unspecified atom stereocenters. The number of hydrogen-bond acceptors (Lipinski definition) is 4. The second-order valence-electron chi connectivity index (χ2n) is 3.80. The van der Waals surface area contributed by atoms with Gasteiger partial charge in [-0.2, -0.15) is 5.26 Å². The molecule has 0 radical (unpaired) electrons. The standard InChI is InChI=1S/C13H15NO3/c14-10-11-3-1-4-12(9-11)15-8-5-13-16-6-2-7-17-13/h1,3-4,9,13H,2,5-8H2. The topological polar surface area (TPSA) is 51.5 Å². The van der Waals surface area contributed by atoms with Gasteiger partial charge in [0.2, 0.25) is 0 Å². The molecule has 1 aliphatic heterocycles.